The van der Waals surface area contributed by atoms with E-state index in [0.717, 1.165) is 6.54 Å². The summed E-state index contributed by atoms with van der Waals surface area (Å²) in [5.74, 6) is 0.778. The molecule has 0 atom stereocenters. The zero-order valence-corrected chi connectivity index (χ0v) is 8.46. The van der Waals surface area contributed by atoms with Crippen LogP contribution in [-0.4, -0.2) is 30.9 Å². The van der Waals surface area contributed by atoms with E-state index < -0.39 is 0 Å². The number of carbonyl (C=O) groups is 1. The standard InChI is InChI=1S/C10H20N2O/c1-12(10(13)7-11)8-9-5-3-2-4-6-9/h9H,2-8,11H2,1H3. The highest BCUT2D eigenvalue weighted by molar-refractivity contribution is 5.77. The lowest BCUT2D eigenvalue weighted by molar-refractivity contribution is -0.129. The molecule has 0 aromatic heterocycles. The van der Waals surface area contributed by atoms with Gasteiger partial charge in [0, 0.05) is 13.6 Å². The molecule has 1 rings (SSSR count). The average molecular weight is 184 g/mol. The smallest absolute Gasteiger partial charge is 0.236 e. The van der Waals surface area contributed by atoms with E-state index in [1.165, 1.54) is 32.1 Å². The van der Waals surface area contributed by atoms with Crippen LogP contribution < -0.4 is 5.73 Å². The molecule has 13 heavy (non-hydrogen) atoms. The van der Waals surface area contributed by atoms with Crippen molar-refractivity contribution in [1.82, 2.24) is 4.90 Å². The van der Waals surface area contributed by atoms with Crippen molar-refractivity contribution in [3.63, 3.8) is 0 Å². The van der Waals surface area contributed by atoms with E-state index in [1.54, 1.807) is 4.90 Å². The van der Waals surface area contributed by atoms with Crippen LogP contribution in [0.3, 0.4) is 0 Å². The molecule has 0 spiro atoms. The van der Waals surface area contributed by atoms with E-state index in [9.17, 15) is 4.79 Å². The number of rotatable bonds is 3. The minimum absolute atomic E-state index is 0.0607. The van der Waals surface area contributed by atoms with Crippen molar-refractivity contribution in [2.45, 2.75) is 32.1 Å². The molecule has 1 aliphatic rings. The summed E-state index contributed by atoms with van der Waals surface area (Å²) in [6.07, 6.45) is 6.58. The molecule has 0 saturated heterocycles. The Kier molecular flexibility index (Phi) is 4.22. The Bertz CT molecular complexity index is 164. The summed E-state index contributed by atoms with van der Waals surface area (Å²) in [5, 5.41) is 0. The van der Waals surface area contributed by atoms with Crippen LogP contribution in [0.2, 0.25) is 0 Å². The molecule has 0 radical (unpaired) electrons. The number of nitrogens with zero attached hydrogens (tertiary/aromatic N) is 1. The van der Waals surface area contributed by atoms with Crippen molar-refractivity contribution in [2.24, 2.45) is 11.7 Å². The normalized spacial score (nSPS) is 18.6. The fourth-order valence-corrected chi connectivity index (χ4v) is 2.01. The summed E-state index contributed by atoms with van der Waals surface area (Å²) in [4.78, 5) is 13.0. The van der Waals surface area contributed by atoms with Gasteiger partial charge in [0.1, 0.15) is 0 Å². The number of carbonyl (C=O) groups excluding carboxylic acids is 1. The Balaban J connectivity index is 2.25. The summed E-state index contributed by atoms with van der Waals surface area (Å²) in [6, 6.07) is 0. The van der Waals surface area contributed by atoms with Crippen molar-refractivity contribution in [1.29, 1.82) is 0 Å². The molecular weight excluding hydrogens is 164 g/mol. The first-order valence-electron chi connectivity index (χ1n) is 5.18. The third kappa shape index (κ3) is 3.35. The van der Waals surface area contributed by atoms with Gasteiger partial charge in [0.25, 0.3) is 0 Å². The lowest BCUT2D eigenvalue weighted by Gasteiger charge is -2.26. The van der Waals surface area contributed by atoms with Crippen LogP contribution in [0.5, 0.6) is 0 Å². The average Bonchev–Trinajstić information content (AvgIpc) is 2.18. The first kappa shape index (κ1) is 10.5. The van der Waals surface area contributed by atoms with E-state index >= 15 is 0 Å². The predicted molar refractivity (Wildman–Crippen MR) is 53.3 cm³/mol. The lowest BCUT2D eigenvalue weighted by atomic mass is 9.89. The van der Waals surface area contributed by atoms with Crippen molar-refractivity contribution in [2.75, 3.05) is 20.1 Å². The van der Waals surface area contributed by atoms with Gasteiger partial charge >= 0.3 is 0 Å². The van der Waals surface area contributed by atoms with Gasteiger partial charge in [0.2, 0.25) is 5.91 Å². The Morgan fingerprint density at radius 2 is 2.00 bits per heavy atom. The first-order valence-corrected chi connectivity index (χ1v) is 5.18. The largest absolute Gasteiger partial charge is 0.344 e. The molecule has 76 valence electrons. The van der Waals surface area contributed by atoms with Gasteiger partial charge in [-0.2, -0.15) is 0 Å². The number of hydrogen-bond acceptors (Lipinski definition) is 2. The quantitative estimate of drug-likeness (QED) is 0.711. The lowest BCUT2D eigenvalue weighted by Crippen LogP contribution is -2.36. The summed E-state index contributed by atoms with van der Waals surface area (Å²) in [7, 11) is 1.85. The molecule has 1 aliphatic carbocycles. The number of hydrogen-bond donors (Lipinski definition) is 1. The Labute approximate surface area is 80.3 Å². The second-order valence-corrected chi connectivity index (χ2v) is 3.98. The zero-order chi connectivity index (χ0) is 9.68. The third-order valence-corrected chi connectivity index (χ3v) is 2.86. The highest BCUT2D eigenvalue weighted by atomic mass is 16.2. The van der Waals surface area contributed by atoms with Crippen LogP contribution in [-0.2, 0) is 4.79 Å². The van der Waals surface area contributed by atoms with Crippen LogP contribution in [0.1, 0.15) is 32.1 Å². The van der Waals surface area contributed by atoms with Crippen LogP contribution in [0, 0.1) is 5.92 Å². The predicted octanol–water partition coefficient (Wildman–Crippen LogP) is 0.984. The van der Waals surface area contributed by atoms with Crippen molar-refractivity contribution >= 4 is 5.91 Å². The number of likely N-dealkylation sites (N-methyl/N-ethyl adjacent to an activating group) is 1. The Hall–Kier alpha value is -0.570. The van der Waals surface area contributed by atoms with E-state index in [1.807, 2.05) is 7.05 Å². The maximum absolute atomic E-state index is 11.2. The molecule has 0 heterocycles. The third-order valence-electron chi connectivity index (χ3n) is 2.86. The van der Waals surface area contributed by atoms with Crippen LogP contribution in [0.4, 0.5) is 0 Å². The van der Waals surface area contributed by atoms with E-state index in [2.05, 4.69) is 0 Å². The van der Waals surface area contributed by atoms with Crippen molar-refractivity contribution in [3.05, 3.63) is 0 Å². The number of nitrogens with two attached hydrogens (primary N) is 1. The minimum atomic E-state index is 0.0607. The molecule has 0 unspecified atom stereocenters. The molecule has 0 aliphatic heterocycles. The van der Waals surface area contributed by atoms with Gasteiger partial charge in [-0.1, -0.05) is 19.3 Å². The van der Waals surface area contributed by atoms with E-state index in [-0.39, 0.29) is 12.5 Å². The first-order chi connectivity index (χ1) is 6.24. The van der Waals surface area contributed by atoms with Gasteiger partial charge in [0.15, 0.2) is 0 Å². The fraction of sp³-hybridized carbons (Fsp3) is 0.900. The molecule has 1 amide bonds. The SMILES string of the molecule is CN(CC1CCCCC1)C(=O)CN. The Morgan fingerprint density at radius 1 is 1.38 bits per heavy atom. The van der Waals surface area contributed by atoms with Gasteiger partial charge in [-0.05, 0) is 18.8 Å². The summed E-state index contributed by atoms with van der Waals surface area (Å²) in [5.41, 5.74) is 5.29. The van der Waals surface area contributed by atoms with Crippen molar-refractivity contribution in [3.8, 4) is 0 Å². The van der Waals surface area contributed by atoms with E-state index in [4.69, 9.17) is 5.73 Å². The molecule has 0 aromatic carbocycles. The molecule has 0 bridgehead atoms. The second kappa shape index (κ2) is 5.22. The monoisotopic (exact) mass is 184 g/mol. The fourth-order valence-electron chi connectivity index (χ4n) is 2.01. The van der Waals surface area contributed by atoms with Gasteiger partial charge < -0.3 is 10.6 Å². The Morgan fingerprint density at radius 3 is 2.54 bits per heavy atom. The highest BCUT2D eigenvalue weighted by Crippen LogP contribution is 2.23. The van der Waals surface area contributed by atoms with Gasteiger partial charge in [0.05, 0.1) is 6.54 Å². The molecule has 1 saturated carbocycles. The number of amides is 1. The molecule has 3 heteroatoms. The molecular formula is C10H20N2O. The van der Waals surface area contributed by atoms with Crippen LogP contribution in [0.15, 0.2) is 0 Å². The minimum Gasteiger partial charge on any atom is -0.344 e. The van der Waals surface area contributed by atoms with Crippen LogP contribution in [0.25, 0.3) is 0 Å². The van der Waals surface area contributed by atoms with Gasteiger partial charge in [-0.15, -0.1) is 0 Å². The second-order valence-electron chi connectivity index (χ2n) is 3.98. The van der Waals surface area contributed by atoms with Gasteiger partial charge in [-0.3, -0.25) is 4.79 Å². The summed E-state index contributed by atoms with van der Waals surface area (Å²) >= 11 is 0. The molecule has 1 fully saturated rings. The zero-order valence-electron chi connectivity index (χ0n) is 8.46. The highest BCUT2D eigenvalue weighted by Gasteiger charge is 2.17. The molecule has 2 N–H and O–H groups in total. The summed E-state index contributed by atoms with van der Waals surface area (Å²) < 4.78 is 0. The maximum atomic E-state index is 11.2. The summed E-state index contributed by atoms with van der Waals surface area (Å²) in [6.45, 7) is 1.04. The van der Waals surface area contributed by atoms with Crippen molar-refractivity contribution < 1.29 is 4.79 Å². The molecule has 0 aromatic rings. The topological polar surface area (TPSA) is 46.3 Å². The molecule has 3 nitrogen and oxygen atoms in total. The maximum Gasteiger partial charge on any atom is 0.236 e. The van der Waals surface area contributed by atoms with Crippen LogP contribution >= 0.6 is 0 Å². The van der Waals surface area contributed by atoms with E-state index in [0.29, 0.717) is 5.92 Å². The van der Waals surface area contributed by atoms with Gasteiger partial charge in [-0.25, -0.2) is 0 Å².